The van der Waals surface area contributed by atoms with E-state index < -0.39 is 5.91 Å². The summed E-state index contributed by atoms with van der Waals surface area (Å²) < 4.78 is 0. The van der Waals surface area contributed by atoms with Gasteiger partial charge >= 0.3 is 6.03 Å². The minimum absolute atomic E-state index is 0.186. The molecule has 0 spiro atoms. The molecule has 0 atom stereocenters. The number of rotatable bonds is 5. The van der Waals surface area contributed by atoms with E-state index in [0.717, 1.165) is 16.8 Å². The van der Waals surface area contributed by atoms with Gasteiger partial charge in [-0.1, -0.05) is 48.5 Å². The summed E-state index contributed by atoms with van der Waals surface area (Å²) in [6.45, 7) is 2.57. The normalized spacial score (nSPS) is 12.4. The average molecular weight is 403 g/mol. The number of carbonyl (C=O) groups is 3. The van der Waals surface area contributed by atoms with E-state index in [1.54, 1.807) is 29.2 Å². The quantitative estimate of drug-likeness (QED) is 0.569. The van der Waals surface area contributed by atoms with Crippen LogP contribution in [0.3, 0.4) is 0 Å². The highest BCUT2D eigenvalue weighted by molar-refractivity contribution is 6.12. The van der Waals surface area contributed by atoms with E-state index in [1.165, 1.54) is 6.92 Å². The van der Waals surface area contributed by atoms with Crippen LogP contribution in [0.4, 0.5) is 10.6 Å². The number of benzene rings is 2. The molecule has 0 fully saturated rings. The van der Waals surface area contributed by atoms with E-state index in [-0.39, 0.29) is 17.4 Å². The number of Topliss-reactive ketones (excluding diaryl/α,β-unsaturated/α-hetero) is 1. The number of hydrogen-bond acceptors (Lipinski definition) is 4. The van der Waals surface area contributed by atoms with E-state index in [2.05, 4.69) is 20.8 Å². The van der Waals surface area contributed by atoms with Gasteiger partial charge in [0.25, 0.3) is 5.91 Å². The Labute approximate surface area is 173 Å². The maximum atomic E-state index is 12.7. The smallest absolute Gasteiger partial charge is 0.318 e. The molecule has 152 valence electrons. The van der Waals surface area contributed by atoms with Crippen molar-refractivity contribution in [3.05, 3.63) is 82.5 Å². The van der Waals surface area contributed by atoms with E-state index in [0.29, 0.717) is 31.0 Å². The van der Waals surface area contributed by atoms with Crippen molar-refractivity contribution < 1.29 is 14.4 Å². The van der Waals surface area contributed by atoms with Crippen LogP contribution in [0.25, 0.3) is 0 Å². The molecule has 3 aromatic rings. The zero-order chi connectivity index (χ0) is 21.1. The summed E-state index contributed by atoms with van der Waals surface area (Å²) in [6.07, 6.45) is 0. The van der Waals surface area contributed by atoms with E-state index >= 15 is 0 Å². The lowest BCUT2D eigenvalue weighted by molar-refractivity contribution is 0.0985. The van der Waals surface area contributed by atoms with Crippen LogP contribution < -0.4 is 10.6 Å². The predicted molar refractivity (Wildman–Crippen MR) is 111 cm³/mol. The Morgan fingerprint density at radius 3 is 2.43 bits per heavy atom. The first-order valence-electron chi connectivity index (χ1n) is 9.57. The van der Waals surface area contributed by atoms with Crippen molar-refractivity contribution in [1.82, 2.24) is 20.4 Å². The molecular weight excluding hydrogens is 382 g/mol. The summed E-state index contributed by atoms with van der Waals surface area (Å²) in [4.78, 5) is 38.7. The molecule has 2 aromatic carbocycles. The van der Waals surface area contributed by atoms with Crippen molar-refractivity contribution >= 4 is 23.5 Å². The lowest BCUT2D eigenvalue weighted by Gasteiger charge is -2.17. The minimum Gasteiger partial charge on any atom is -0.334 e. The number of ketones is 1. The highest BCUT2D eigenvalue weighted by Gasteiger charge is 2.29. The molecule has 4 rings (SSSR count). The third-order valence-electron chi connectivity index (χ3n) is 5.01. The second-order valence-electron chi connectivity index (χ2n) is 7.09. The molecule has 0 saturated carbocycles. The molecule has 0 saturated heterocycles. The van der Waals surface area contributed by atoms with Gasteiger partial charge in [-0.3, -0.25) is 14.7 Å². The molecule has 1 aliphatic heterocycles. The van der Waals surface area contributed by atoms with Crippen molar-refractivity contribution in [2.75, 3.05) is 5.32 Å². The van der Waals surface area contributed by atoms with Gasteiger partial charge in [0, 0.05) is 17.7 Å². The summed E-state index contributed by atoms with van der Waals surface area (Å²) in [6, 6.07) is 16.1. The van der Waals surface area contributed by atoms with Crippen LogP contribution in [0.1, 0.15) is 44.5 Å². The molecule has 30 heavy (non-hydrogen) atoms. The summed E-state index contributed by atoms with van der Waals surface area (Å²) >= 11 is 0. The molecule has 0 radical (unpaired) electrons. The molecule has 0 aliphatic carbocycles. The number of aromatic nitrogens is 2. The van der Waals surface area contributed by atoms with Gasteiger partial charge in [0.15, 0.2) is 11.6 Å². The predicted octanol–water partition coefficient (Wildman–Crippen LogP) is 3.09. The molecule has 8 heteroatoms. The van der Waals surface area contributed by atoms with Gasteiger partial charge in [-0.15, -0.1) is 0 Å². The van der Waals surface area contributed by atoms with Crippen LogP contribution in [0.2, 0.25) is 0 Å². The second-order valence-corrected chi connectivity index (χ2v) is 7.09. The zero-order valence-corrected chi connectivity index (χ0v) is 16.4. The van der Waals surface area contributed by atoms with Crippen LogP contribution in [0.5, 0.6) is 0 Å². The number of urea groups is 1. The number of fused-ring (bicyclic) bond motifs is 1. The lowest BCUT2D eigenvalue weighted by Crippen LogP contribution is -2.36. The summed E-state index contributed by atoms with van der Waals surface area (Å²) in [5.41, 5.74) is 3.20. The summed E-state index contributed by atoms with van der Waals surface area (Å²) in [5.74, 6) is -0.233. The highest BCUT2D eigenvalue weighted by Crippen LogP contribution is 2.27. The first kappa shape index (κ1) is 19.4. The molecule has 3 amide bonds. The van der Waals surface area contributed by atoms with Crippen LogP contribution in [0, 0.1) is 0 Å². The SMILES string of the molecule is CC(=O)c1ccccc1C(=O)Nc1n[nH]c2c1CN(C(=O)NCc1ccccc1)C2. The fourth-order valence-electron chi connectivity index (χ4n) is 3.44. The standard InChI is InChI=1S/C22H21N5O3/c1-14(28)16-9-5-6-10-17(16)21(29)24-20-18-12-27(13-19(18)25-26-20)22(30)23-11-15-7-3-2-4-8-15/h2-10H,11-13H2,1H3,(H,23,30)(H2,24,25,26,29). The Bertz CT molecular complexity index is 1110. The van der Waals surface area contributed by atoms with Crippen molar-refractivity contribution in [3.8, 4) is 0 Å². The average Bonchev–Trinajstić information content (AvgIpc) is 3.34. The van der Waals surface area contributed by atoms with Gasteiger partial charge in [-0.25, -0.2) is 4.79 Å². The minimum atomic E-state index is -0.415. The lowest BCUT2D eigenvalue weighted by atomic mass is 10.0. The summed E-state index contributed by atoms with van der Waals surface area (Å²) in [7, 11) is 0. The molecule has 1 aromatic heterocycles. The number of carbonyl (C=O) groups excluding carboxylic acids is 3. The maximum Gasteiger partial charge on any atom is 0.318 e. The first-order valence-corrected chi connectivity index (χ1v) is 9.57. The van der Waals surface area contributed by atoms with Gasteiger partial charge in [0.05, 0.1) is 24.3 Å². The van der Waals surface area contributed by atoms with Crippen molar-refractivity contribution in [2.24, 2.45) is 0 Å². The van der Waals surface area contributed by atoms with Crippen molar-refractivity contribution in [3.63, 3.8) is 0 Å². The monoisotopic (exact) mass is 403 g/mol. The zero-order valence-electron chi connectivity index (χ0n) is 16.4. The third kappa shape index (κ3) is 3.93. The van der Waals surface area contributed by atoms with Crippen LogP contribution in [-0.2, 0) is 19.6 Å². The number of amides is 3. The highest BCUT2D eigenvalue weighted by atomic mass is 16.2. The van der Waals surface area contributed by atoms with Gasteiger partial charge < -0.3 is 15.5 Å². The fraction of sp³-hybridized carbons (Fsp3) is 0.182. The number of nitrogens with one attached hydrogen (secondary N) is 3. The van der Waals surface area contributed by atoms with E-state index in [9.17, 15) is 14.4 Å². The molecule has 8 nitrogen and oxygen atoms in total. The topological polar surface area (TPSA) is 107 Å². The Hall–Kier alpha value is -3.94. The first-order chi connectivity index (χ1) is 14.5. The third-order valence-corrected chi connectivity index (χ3v) is 5.01. The molecule has 3 N–H and O–H groups in total. The fourth-order valence-corrected chi connectivity index (χ4v) is 3.44. The maximum absolute atomic E-state index is 12.7. The Morgan fingerprint density at radius 1 is 1.00 bits per heavy atom. The molecular formula is C22H21N5O3. The molecule has 0 bridgehead atoms. The molecule has 0 unspecified atom stereocenters. The number of anilines is 1. The van der Waals surface area contributed by atoms with Gasteiger partial charge in [0.2, 0.25) is 0 Å². The van der Waals surface area contributed by atoms with Gasteiger partial charge in [0.1, 0.15) is 0 Å². The molecule has 2 heterocycles. The Morgan fingerprint density at radius 2 is 1.70 bits per heavy atom. The van der Waals surface area contributed by atoms with Crippen molar-refractivity contribution in [2.45, 2.75) is 26.6 Å². The van der Waals surface area contributed by atoms with Gasteiger partial charge in [-0.2, -0.15) is 5.10 Å². The number of aromatic amines is 1. The van der Waals surface area contributed by atoms with Crippen LogP contribution in [0.15, 0.2) is 54.6 Å². The van der Waals surface area contributed by atoms with Crippen LogP contribution in [-0.4, -0.2) is 32.8 Å². The largest absolute Gasteiger partial charge is 0.334 e. The summed E-state index contributed by atoms with van der Waals surface area (Å²) in [5, 5.41) is 12.7. The number of hydrogen-bond donors (Lipinski definition) is 3. The van der Waals surface area contributed by atoms with Crippen molar-refractivity contribution in [1.29, 1.82) is 0 Å². The number of H-pyrrole nitrogens is 1. The second kappa shape index (κ2) is 8.20. The van der Waals surface area contributed by atoms with Gasteiger partial charge in [-0.05, 0) is 18.6 Å². The Kier molecular flexibility index (Phi) is 5.30. The molecule has 1 aliphatic rings. The van der Waals surface area contributed by atoms with Crippen LogP contribution >= 0.6 is 0 Å². The van der Waals surface area contributed by atoms with E-state index in [4.69, 9.17) is 0 Å². The number of nitrogens with zero attached hydrogens (tertiary/aromatic N) is 2. The Balaban J connectivity index is 1.42. The van der Waals surface area contributed by atoms with E-state index in [1.807, 2.05) is 30.3 Å².